The number of aryl methyl sites for hydroxylation is 2. The van der Waals surface area contributed by atoms with Gasteiger partial charge in [-0.3, -0.25) is 9.36 Å². The van der Waals surface area contributed by atoms with Crippen molar-refractivity contribution in [1.29, 1.82) is 0 Å². The molecule has 0 aliphatic heterocycles. The van der Waals surface area contributed by atoms with Crippen LogP contribution in [0.5, 0.6) is 0 Å². The highest BCUT2D eigenvalue weighted by Crippen LogP contribution is 2.02. The molecule has 0 amide bonds. The van der Waals surface area contributed by atoms with E-state index in [1.54, 1.807) is 11.6 Å². The average Bonchev–Trinajstić information content (AvgIpc) is 1.97. The molecule has 0 atom stereocenters. The molecule has 1 rings (SSSR count). The van der Waals surface area contributed by atoms with Crippen LogP contribution < -0.4 is 5.56 Å². The van der Waals surface area contributed by atoms with E-state index in [0.717, 1.165) is 11.5 Å². The Kier molecular flexibility index (Phi) is 2.31. The minimum Gasteiger partial charge on any atom is -0.299 e. The fourth-order valence-corrected chi connectivity index (χ4v) is 1.30. The summed E-state index contributed by atoms with van der Waals surface area (Å²) >= 11 is 2.02. The number of aromatic nitrogens is 2. The van der Waals surface area contributed by atoms with Crippen molar-refractivity contribution < 1.29 is 0 Å². The Morgan fingerprint density at radius 2 is 2.00 bits per heavy atom. The number of hydrogen-bond acceptors (Lipinski definition) is 2. The number of hydrogen-bond donors (Lipinski definition) is 0. The Labute approximate surface area is 78.6 Å². The molecule has 0 aliphatic carbocycles. The van der Waals surface area contributed by atoms with Crippen LogP contribution in [0.2, 0.25) is 0 Å². The maximum absolute atomic E-state index is 11.3. The molecular weight excluding hydrogens is 255 g/mol. The summed E-state index contributed by atoms with van der Waals surface area (Å²) in [5.74, 6) is 0.757. The molecule has 11 heavy (non-hydrogen) atoms. The van der Waals surface area contributed by atoms with E-state index in [1.807, 2.05) is 36.4 Å². The summed E-state index contributed by atoms with van der Waals surface area (Å²) in [5.41, 5.74) is 0.849. The Morgan fingerprint density at radius 1 is 1.45 bits per heavy atom. The first-order chi connectivity index (χ1) is 5.04. The molecule has 0 radical (unpaired) electrons. The Hall–Kier alpha value is -0.390. The minimum atomic E-state index is 0.0376. The third-order valence-corrected chi connectivity index (χ3v) is 2.87. The summed E-state index contributed by atoms with van der Waals surface area (Å²) in [7, 11) is 1.73. The first kappa shape index (κ1) is 8.70. The number of halogens is 1. The Morgan fingerprint density at radius 3 is 2.55 bits per heavy atom. The summed E-state index contributed by atoms with van der Waals surface area (Å²) in [4.78, 5) is 15.5. The van der Waals surface area contributed by atoms with Gasteiger partial charge >= 0.3 is 0 Å². The van der Waals surface area contributed by atoms with Crippen molar-refractivity contribution in [3.63, 3.8) is 0 Å². The topological polar surface area (TPSA) is 34.9 Å². The zero-order valence-corrected chi connectivity index (χ0v) is 8.84. The Bertz CT molecular complexity index is 314. The fraction of sp³-hybridized carbons (Fsp3) is 0.429. The molecule has 3 nitrogen and oxygen atoms in total. The van der Waals surface area contributed by atoms with Crippen LogP contribution in [0.25, 0.3) is 0 Å². The quantitative estimate of drug-likeness (QED) is 0.655. The molecule has 1 heterocycles. The van der Waals surface area contributed by atoms with Gasteiger partial charge in [-0.15, -0.1) is 0 Å². The molecule has 0 saturated carbocycles. The van der Waals surface area contributed by atoms with E-state index in [1.165, 1.54) is 0 Å². The van der Waals surface area contributed by atoms with Gasteiger partial charge in [0.25, 0.3) is 5.56 Å². The number of rotatable bonds is 0. The maximum Gasteiger partial charge on any atom is 0.266 e. The molecule has 0 spiro atoms. The van der Waals surface area contributed by atoms with Crippen molar-refractivity contribution in [2.24, 2.45) is 7.05 Å². The van der Waals surface area contributed by atoms with E-state index < -0.39 is 0 Å². The van der Waals surface area contributed by atoms with Crippen LogP contribution in [-0.2, 0) is 7.05 Å². The van der Waals surface area contributed by atoms with E-state index in [0.29, 0.717) is 3.57 Å². The highest BCUT2D eigenvalue weighted by Gasteiger charge is 2.04. The van der Waals surface area contributed by atoms with Gasteiger partial charge in [0.05, 0.1) is 9.26 Å². The highest BCUT2D eigenvalue weighted by molar-refractivity contribution is 14.1. The third kappa shape index (κ3) is 1.45. The zero-order chi connectivity index (χ0) is 8.59. The van der Waals surface area contributed by atoms with E-state index in [-0.39, 0.29) is 5.56 Å². The summed E-state index contributed by atoms with van der Waals surface area (Å²) in [5, 5.41) is 0. The average molecular weight is 264 g/mol. The molecule has 0 unspecified atom stereocenters. The van der Waals surface area contributed by atoms with Gasteiger partial charge < -0.3 is 0 Å². The molecule has 4 heteroatoms. The van der Waals surface area contributed by atoms with Crippen LogP contribution in [0.4, 0.5) is 0 Å². The molecular formula is C7H9IN2O. The predicted molar refractivity (Wildman–Crippen MR) is 51.7 cm³/mol. The maximum atomic E-state index is 11.3. The van der Waals surface area contributed by atoms with Crippen molar-refractivity contribution in [1.82, 2.24) is 9.55 Å². The molecule has 0 aliphatic rings. The van der Waals surface area contributed by atoms with E-state index in [9.17, 15) is 4.79 Å². The van der Waals surface area contributed by atoms with Crippen LogP contribution in [0, 0.1) is 17.4 Å². The number of nitrogens with zero attached hydrogens (tertiary/aromatic N) is 2. The second-order valence-corrected chi connectivity index (χ2v) is 3.50. The Balaban J connectivity index is 3.59. The summed E-state index contributed by atoms with van der Waals surface area (Å²) in [6, 6.07) is 0. The summed E-state index contributed by atoms with van der Waals surface area (Å²) in [6.07, 6.45) is 0. The summed E-state index contributed by atoms with van der Waals surface area (Å²) < 4.78 is 2.25. The lowest BCUT2D eigenvalue weighted by molar-refractivity contribution is 0.756. The fourth-order valence-electron chi connectivity index (χ4n) is 0.816. The SMILES string of the molecule is Cc1nc(C)n(C)c(=O)c1I. The van der Waals surface area contributed by atoms with Crippen molar-refractivity contribution in [3.8, 4) is 0 Å². The smallest absolute Gasteiger partial charge is 0.266 e. The van der Waals surface area contributed by atoms with Gasteiger partial charge in [-0.2, -0.15) is 0 Å². The predicted octanol–water partition coefficient (Wildman–Crippen LogP) is 1.00. The van der Waals surface area contributed by atoms with Gasteiger partial charge in [-0.25, -0.2) is 4.98 Å². The summed E-state index contributed by atoms with van der Waals surface area (Å²) in [6.45, 7) is 3.67. The van der Waals surface area contributed by atoms with Crippen molar-refractivity contribution in [3.05, 3.63) is 25.4 Å². The van der Waals surface area contributed by atoms with Gasteiger partial charge in [0.2, 0.25) is 0 Å². The normalized spacial score (nSPS) is 10.2. The minimum absolute atomic E-state index is 0.0376. The van der Waals surface area contributed by atoms with E-state index in [2.05, 4.69) is 4.98 Å². The molecule has 0 bridgehead atoms. The van der Waals surface area contributed by atoms with Crippen LogP contribution in [0.3, 0.4) is 0 Å². The molecule has 0 aromatic carbocycles. The lowest BCUT2D eigenvalue weighted by Gasteiger charge is -2.04. The third-order valence-electron chi connectivity index (χ3n) is 1.62. The van der Waals surface area contributed by atoms with Crippen LogP contribution in [-0.4, -0.2) is 9.55 Å². The molecule has 0 fully saturated rings. The van der Waals surface area contributed by atoms with Crippen LogP contribution >= 0.6 is 22.6 Å². The molecule has 0 saturated heterocycles. The van der Waals surface area contributed by atoms with Crippen LogP contribution in [0.1, 0.15) is 11.5 Å². The highest BCUT2D eigenvalue weighted by atomic mass is 127. The van der Waals surface area contributed by atoms with E-state index in [4.69, 9.17) is 0 Å². The van der Waals surface area contributed by atoms with Crippen molar-refractivity contribution in [2.75, 3.05) is 0 Å². The van der Waals surface area contributed by atoms with Crippen molar-refractivity contribution >= 4 is 22.6 Å². The molecule has 1 aromatic rings. The van der Waals surface area contributed by atoms with Crippen LogP contribution in [0.15, 0.2) is 4.79 Å². The lowest BCUT2D eigenvalue weighted by atomic mass is 10.4. The lowest BCUT2D eigenvalue weighted by Crippen LogP contribution is -2.24. The standard InChI is InChI=1S/C7H9IN2O/c1-4-6(8)7(11)10(3)5(2)9-4/h1-3H3. The molecule has 60 valence electrons. The van der Waals surface area contributed by atoms with Gasteiger partial charge in [0.15, 0.2) is 0 Å². The zero-order valence-electron chi connectivity index (χ0n) is 6.68. The molecule has 1 aromatic heterocycles. The monoisotopic (exact) mass is 264 g/mol. The first-order valence-corrected chi connectivity index (χ1v) is 4.31. The molecule has 0 N–H and O–H groups in total. The van der Waals surface area contributed by atoms with Gasteiger partial charge in [-0.1, -0.05) is 0 Å². The van der Waals surface area contributed by atoms with Gasteiger partial charge in [-0.05, 0) is 36.4 Å². The van der Waals surface area contributed by atoms with E-state index >= 15 is 0 Å². The largest absolute Gasteiger partial charge is 0.299 e. The van der Waals surface area contributed by atoms with Gasteiger partial charge in [0, 0.05) is 7.05 Å². The van der Waals surface area contributed by atoms with Gasteiger partial charge in [0.1, 0.15) is 5.82 Å². The van der Waals surface area contributed by atoms with Crippen molar-refractivity contribution in [2.45, 2.75) is 13.8 Å². The second-order valence-electron chi connectivity index (χ2n) is 2.42. The first-order valence-electron chi connectivity index (χ1n) is 3.23. The second kappa shape index (κ2) is 2.92.